The number of hydrogen-bond donors (Lipinski definition) is 3. The van der Waals surface area contributed by atoms with E-state index >= 15 is 0 Å². The van der Waals surface area contributed by atoms with Crippen molar-refractivity contribution in [2.45, 2.75) is 37.6 Å². The van der Waals surface area contributed by atoms with Gasteiger partial charge in [-0.2, -0.15) is 0 Å². The van der Waals surface area contributed by atoms with E-state index < -0.39 is 0 Å². The molecule has 3 unspecified atom stereocenters. The Morgan fingerprint density at radius 3 is 1.05 bits per heavy atom. The maximum atomic E-state index is 10.4. The van der Waals surface area contributed by atoms with Crippen LogP contribution in [-0.4, -0.2) is 53.5 Å². The molecule has 6 heteroatoms. The summed E-state index contributed by atoms with van der Waals surface area (Å²) in [6.45, 7) is 1.92. The summed E-state index contributed by atoms with van der Waals surface area (Å²) in [5.74, 6) is -0.0932. The summed E-state index contributed by atoms with van der Waals surface area (Å²) in [5.41, 5.74) is 1.38. The van der Waals surface area contributed by atoms with E-state index in [-0.39, 0.29) is 35.6 Å². The molecule has 3 saturated heterocycles. The van der Waals surface area contributed by atoms with Crippen LogP contribution in [0.25, 0.3) is 0 Å². The van der Waals surface area contributed by atoms with Crippen LogP contribution in [0.2, 0.25) is 0 Å². The summed E-state index contributed by atoms with van der Waals surface area (Å²) in [4.78, 5) is 0. The minimum atomic E-state index is -0.0311. The molecule has 1 aromatic carbocycles. The van der Waals surface area contributed by atoms with Crippen molar-refractivity contribution in [3.8, 4) is 17.2 Å². The lowest BCUT2D eigenvalue weighted by atomic mass is 9.93. The van der Waals surface area contributed by atoms with Crippen molar-refractivity contribution < 1.29 is 29.5 Å². The zero-order valence-electron chi connectivity index (χ0n) is 11.5. The van der Waals surface area contributed by atoms with Crippen molar-refractivity contribution in [1.82, 2.24) is 0 Å². The van der Waals surface area contributed by atoms with Gasteiger partial charge in [-0.05, 0) is 0 Å². The van der Waals surface area contributed by atoms with Gasteiger partial charge in [-0.15, -0.1) is 0 Å². The van der Waals surface area contributed by atoms with Crippen molar-refractivity contribution in [2.24, 2.45) is 0 Å². The Hall–Kier alpha value is -1.50. The molecule has 3 heterocycles. The van der Waals surface area contributed by atoms with Crippen LogP contribution in [-0.2, 0) is 33.5 Å². The number of phenols is 3. The molecule has 21 heavy (non-hydrogen) atoms. The standard InChI is InChI=1S/C15H18O6/c16-13-10(1-7-4-19-7)14(17)12(3-9-6-21-9)15(18)11(13)2-8-5-20-8/h7-9,16-18H,1-6H2. The highest BCUT2D eigenvalue weighted by atomic mass is 16.6. The second kappa shape index (κ2) is 4.76. The van der Waals surface area contributed by atoms with Gasteiger partial charge in [0.2, 0.25) is 0 Å². The van der Waals surface area contributed by atoms with Gasteiger partial charge in [0.25, 0.3) is 0 Å². The van der Waals surface area contributed by atoms with Crippen LogP contribution in [0, 0.1) is 0 Å². The van der Waals surface area contributed by atoms with Crippen LogP contribution in [0.4, 0.5) is 0 Å². The van der Waals surface area contributed by atoms with Crippen LogP contribution in [0.15, 0.2) is 0 Å². The monoisotopic (exact) mass is 294 g/mol. The average molecular weight is 294 g/mol. The van der Waals surface area contributed by atoms with Crippen LogP contribution in [0.3, 0.4) is 0 Å². The third kappa shape index (κ3) is 2.66. The van der Waals surface area contributed by atoms with E-state index in [0.29, 0.717) is 55.8 Å². The average Bonchev–Trinajstić information content (AvgIpc) is 3.31. The van der Waals surface area contributed by atoms with Gasteiger partial charge in [0, 0.05) is 36.0 Å². The van der Waals surface area contributed by atoms with Crippen molar-refractivity contribution in [3.05, 3.63) is 16.7 Å². The van der Waals surface area contributed by atoms with Crippen LogP contribution >= 0.6 is 0 Å². The summed E-state index contributed by atoms with van der Waals surface area (Å²) >= 11 is 0. The molecule has 0 radical (unpaired) electrons. The largest absolute Gasteiger partial charge is 0.507 e. The third-order valence-electron chi connectivity index (χ3n) is 4.22. The molecule has 3 aliphatic heterocycles. The first-order valence-corrected chi connectivity index (χ1v) is 7.25. The first kappa shape index (κ1) is 13.2. The van der Waals surface area contributed by atoms with Gasteiger partial charge < -0.3 is 29.5 Å². The highest BCUT2D eigenvalue weighted by molar-refractivity contribution is 5.62. The molecule has 3 N–H and O–H groups in total. The van der Waals surface area contributed by atoms with Gasteiger partial charge in [0.05, 0.1) is 38.1 Å². The predicted molar refractivity (Wildman–Crippen MR) is 71.8 cm³/mol. The number of rotatable bonds is 6. The highest BCUT2D eigenvalue weighted by Crippen LogP contribution is 2.45. The van der Waals surface area contributed by atoms with Gasteiger partial charge >= 0.3 is 0 Å². The van der Waals surface area contributed by atoms with E-state index in [1.165, 1.54) is 0 Å². The molecule has 1 aromatic rings. The maximum Gasteiger partial charge on any atom is 0.129 e. The second-order valence-electron chi connectivity index (χ2n) is 5.96. The number of phenolic OH excluding ortho intramolecular Hbond substituents is 3. The normalized spacial score (nSPS) is 29.4. The molecule has 0 aliphatic carbocycles. The lowest BCUT2D eigenvalue weighted by Crippen LogP contribution is -2.05. The van der Waals surface area contributed by atoms with E-state index in [2.05, 4.69) is 0 Å². The highest BCUT2D eigenvalue weighted by Gasteiger charge is 2.34. The fourth-order valence-electron chi connectivity index (χ4n) is 2.70. The number of aromatic hydroxyl groups is 3. The fraction of sp³-hybridized carbons (Fsp3) is 0.600. The lowest BCUT2D eigenvalue weighted by Gasteiger charge is -2.17. The van der Waals surface area contributed by atoms with Gasteiger partial charge in [-0.25, -0.2) is 0 Å². The first-order valence-electron chi connectivity index (χ1n) is 7.25. The maximum absolute atomic E-state index is 10.4. The van der Waals surface area contributed by atoms with Crippen LogP contribution in [0.5, 0.6) is 17.2 Å². The van der Waals surface area contributed by atoms with Crippen molar-refractivity contribution in [3.63, 3.8) is 0 Å². The number of hydrogen-bond acceptors (Lipinski definition) is 6. The fourth-order valence-corrected chi connectivity index (χ4v) is 2.70. The van der Waals surface area contributed by atoms with Gasteiger partial charge in [0.1, 0.15) is 17.2 Å². The van der Waals surface area contributed by atoms with Crippen LogP contribution in [0.1, 0.15) is 16.7 Å². The lowest BCUT2D eigenvalue weighted by molar-refractivity contribution is 0.366. The molecule has 0 amide bonds. The van der Waals surface area contributed by atoms with Gasteiger partial charge in [-0.1, -0.05) is 0 Å². The minimum Gasteiger partial charge on any atom is -0.507 e. The molecule has 114 valence electrons. The zero-order chi connectivity index (χ0) is 14.6. The Kier molecular flexibility index (Phi) is 2.99. The SMILES string of the molecule is Oc1c(CC2CO2)c(O)c(CC2CO2)c(O)c1CC1CO1. The summed E-state index contributed by atoms with van der Waals surface area (Å²) in [6.07, 6.45) is 1.49. The van der Waals surface area contributed by atoms with Gasteiger partial charge in [0.15, 0.2) is 0 Å². The second-order valence-corrected chi connectivity index (χ2v) is 5.96. The van der Waals surface area contributed by atoms with Crippen molar-refractivity contribution in [2.75, 3.05) is 19.8 Å². The molecule has 0 bridgehead atoms. The molecule has 3 fully saturated rings. The molecule has 6 nitrogen and oxygen atoms in total. The summed E-state index contributed by atoms with van der Waals surface area (Å²) in [6, 6.07) is 0. The van der Waals surface area contributed by atoms with E-state index in [0.717, 1.165) is 0 Å². The van der Waals surface area contributed by atoms with Crippen molar-refractivity contribution in [1.29, 1.82) is 0 Å². The minimum absolute atomic E-state index is 0.0311. The molecule has 0 aromatic heterocycles. The third-order valence-corrected chi connectivity index (χ3v) is 4.22. The Morgan fingerprint density at radius 2 is 0.857 bits per heavy atom. The molecule has 0 saturated carbocycles. The Balaban J connectivity index is 1.75. The summed E-state index contributed by atoms with van der Waals surface area (Å²) in [7, 11) is 0. The summed E-state index contributed by atoms with van der Waals surface area (Å²) in [5, 5.41) is 31.2. The topological polar surface area (TPSA) is 98.3 Å². The predicted octanol–water partition coefficient (Wildman–Crippen LogP) is 0.627. The molecular weight excluding hydrogens is 276 g/mol. The quantitative estimate of drug-likeness (QED) is 0.666. The summed E-state index contributed by atoms with van der Waals surface area (Å²) < 4.78 is 15.6. The van der Waals surface area contributed by atoms with E-state index in [4.69, 9.17) is 14.2 Å². The van der Waals surface area contributed by atoms with E-state index in [1.54, 1.807) is 0 Å². The van der Waals surface area contributed by atoms with E-state index in [1.807, 2.05) is 0 Å². The molecule has 4 rings (SSSR count). The smallest absolute Gasteiger partial charge is 0.129 e. The number of epoxide rings is 3. The van der Waals surface area contributed by atoms with Gasteiger partial charge in [-0.3, -0.25) is 0 Å². The Morgan fingerprint density at radius 1 is 0.619 bits per heavy atom. The van der Waals surface area contributed by atoms with Crippen molar-refractivity contribution >= 4 is 0 Å². The number of benzene rings is 1. The molecule has 3 aliphatic rings. The van der Waals surface area contributed by atoms with E-state index in [9.17, 15) is 15.3 Å². The Labute approximate surface area is 121 Å². The van der Waals surface area contributed by atoms with Crippen LogP contribution < -0.4 is 0 Å². The Bertz CT molecular complexity index is 470. The molecule has 3 atom stereocenters. The molecule has 0 spiro atoms. The molecular formula is C15H18O6. The zero-order valence-corrected chi connectivity index (χ0v) is 11.5. The first-order chi connectivity index (χ1) is 10.1. The number of ether oxygens (including phenoxy) is 3.